The molecule has 0 unspecified atom stereocenters. The number of anilines is 1. The number of benzene rings is 2. The first-order chi connectivity index (χ1) is 19.2. The molecule has 8 nitrogen and oxygen atoms in total. The number of imidazole rings is 1. The fourth-order valence-corrected chi connectivity index (χ4v) is 4.62. The number of nitrogens with one attached hydrogen (secondary N) is 1. The molecule has 1 N–H and O–H groups in total. The van der Waals surface area contributed by atoms with Gasteiger partial charge in [-0.05, 0) is 61.0 Å². The average molecular weight is 555 g/mol. The number of nitrogens with zero attached hydrogens (tertiary/aromatic N) is 3. The van der Waals surface area contributed by atoms with Crippen molar-refractivity contribution in [3.63, 3.8) is 0 Å². The van der Waals surface area contributed by atoms with Gasteiger partial charge in [0, 0.05) is 37.0 Å². The van der Waals surface area contributed by atoms with Gasteiger partial charge >= 0.3 is 6.18 Å². The van der Waals surface area contributed by atoms with Crippen molar-refractivity contribution >= 4 is 17.4 Å². The number of alkyl halides is 3. The van der Waals surface area contributed by atoms with Crippen LogP contribution in [0.5, 0.6) is 11.5 Å². The minimum absolute atomic E-state index is 0.106. The van der Waals surface area contributed by atoms with Gasteiger partial charge in [-0.15, -0.1) is 0 Å². The Morgan fingerprint density at radius 2 is 1.88 bits per heavy atom. The highest BCUT2D eigenvalue weighted by Crippen LogP contribution is 2.36. The summed E-state index contributed by atoms with van der Waals surface area (Å²) in [6.07, 6.45) is -2.85. The Morgan fingerprint density at radius 1 is 1.07 bits per heavy atom. The summed E-state index contributed by atoms with van der Waals surface area (Å²) in [6, 6.07) is 14.0. The van der Waals surface area contributed by atoms with Crippen LogP contribution in [0.15, 0.2) is 60.8 Å². The number of rotatable bonds is 8. The maximum absolute atomic E-state index is 13.4. The number of hydrogen-bond donors (Lipinski definition) is 1. The zero-order valence-corrected chi connectivity index (χ0v) is 22.1. The molecule has 2 aromatic heterocycles. The SMILES string of the molecule is COc1ccc(-c2nc3ccccn3c2NC(=O)c2cc(C)cc(C(F)(F)F)c2)cc1OCCN1CCOCC1. The number of pyridine rings is 1. The molecule has 11 heteroatoms. The minimum Gasteiger partial charge on any atom is -0.493 e. The normalized spacial score (nSPS) is 14.3. The number of aromatic nitrogens is 2. The number of halogens is 3. The van der Waals surface area contributed by atoms with E-state index in [0.29, 0.717) is 59.6 Å². The summed E-state index contributed by atoms with van der Waals surface area (Å²) < 4.78 is 58.8. The first-order valence-electron chi connectivity index (χ1n) is 12.8. The molecule has 0 aliphatic carbocycles. The van der Waals surface area contributed by atoms with E-state index in [9.17, 15) is 18.0 Å². The Kier molecular flexibility index (Phi) is 7.95. The van der Waals surface area contributed by atoms with Crippen molar-refractivity contribution in [1.82, 2.24) is 14.3 Å². The predicted octanol–water partition coefficient (Wildman–Crippen LogP) is 5.30. The molecule has 2 aromatic carbocycles. The largest absolute Gasteiger partial charge is 0.493 e. The van der Waals surface area contributed by atoms with Crippen LogP contribution in [-0.4, -0.2) is 66.8 Å². The van der Waals surface area contributed by atoms with E-state index in [1.807, 2.05) is 6.07 Å². The topological polar surface area (TPSA) is 77.3 Å². The predicted molar refractivity (Wildman–Crippen MR) is 144 cm³/mol. The molecule has 0 radical (unpaired) electrons. The minimum atomic E-state index is -4.57. The number of aryl methyl sites for hydroxylation is 1. The van der Waals surface area contributed by atoms with Crippen LogP contribution < -0.4 is 14.8 Å². The van der Waals surface area contributed by atoms with Gasteiger partial charge in [-0.3, -0.25) is 14.1 Å². The van der Waals surface area contributed by atoms with E-state index in [1.165, 1.54) is 13.0 Å². The first-order valence-corrected chi connectivity index (χ1v) is 12.8. The molecule has 40 heavy (non-hydrogen) atoms. The molecule has 1 amide bonds. The van der Waals surface area contributed by atoms with Crippen LogP contribution in [0.2, 0.25) is 0 Å². The molecule has 1 aliphatic rings. The lowest BCUT2D eigenvalue weighted by Crippen LogP contribution is -2.38. The molecule has 3 heterocycles. The Balaban J connectivity index is 1.46. The molecule has 5 rings (SSSR count). The van der Waals surface area contributed by atoms with Crippen molar-refractivity contribution in [2.75, 3.05) is 51.9 Å². The summed E-state index contributed by atoms with van der Waals surface area (Å²) in [4.78, 5) is 20.2. The maximum Gasteiger partial charge on any atom is 0.416 e. The van der Waals surface area contributed by atoms with Gasteiger partial charge in [0.1, 0.15) is 23.8 Å². The van der Waals surface area contributed by atoms with Crippen molar-refractivity contribution in [2.24, 2.45) is 0 Å². The van der Waals surface area contributed by atoms with E-state index in [2.05, 4.69) is 10.2 Å². The summed E-state index contributed by atoms with van der Waals surface area (Å²) in [7, 11) is 1.55. The van der Waals surface area contributed by atoms with Crippen LogP contribution in [-0.2, 0) is 10.9 Å². The second-order valence-electron chi connectivity index (χ2n) is 9.45. The molecule has 0 bridgehead atoms. The zero-order valence-electron chi connectivity index (χ0n) is 22.1. The maximum atomic E-state index is 13.4. The van der Waals surface area contributed by atoms with Gasteiger partial charge < -0.3 is 19.5 Å². The summed E-state index contributed by atoms with van der Waals surface area (Å²) in [5.74, 6) is 0.687. The highest BCUT2D eigenvalue weighted by molar-refractivity contribution is 6.06. The van der Waals surface area contributed by atoms with Crippen LogP contribution in [0.3, 0.4) is 0 Å². The smallest absolute Gasteiger partial charge is 0.416 e. The van der Waals surface area contributed by atoms with E-state index in [4.69, 9.17) is 19.2 Å². The van der Waals surface area contributed by atoms with Gasteiger partial charge in [-0.1, -0.05) is 6.07 Å². The molecular formula is C29H29F3N4O4. The van der Waals surface area contributed by atoms with Crippen LogP contribution >= 0.6 is 0 Å². The van der Waals surface area contributed by atoms with Crippen LogP contribution in [0.4, 0.5) is 19.0 Å². The second-order valence-corrected chi connectivity index (χ2v) is 9.45. The number of carbonyl (C=O) groups excluding carboxylic acids is 1. The van der Waals surface area contributed by atoms with Gasteiger partial charge in [-0.25, -0.2) is 4.98 Å². The van der Waals surface area contributed by atoms with Crippen molar-refractivity contribution < 1.29 is 32.2 Å². The summed E-state index contributed by atoms with van der Waals surface area (Å²) in [5.41, 5.74) is 0.965. The Hall–Kier alpha value is -4.09. The van der Waals surface area contributed by atoms with Crippen molar-refractivity contribution in [1.29, 1.82) is 0 Å². The lowest BCUT2D eigenvalue weighted by molar-refractivity contribution is -0.137. The van der Waals surface area contributed by atoms with E-state index < -0.39 is 17.6 Å². The van der Waals surface area contributed by atoms with Gasteiger partial charge in [0.25, 0.3) is 5.91 Å². The monoisotopic (exact) mass is 554 g/mol. The molecule has 0 atom stereocenters. The summed E-state index contributed by atoms with van der Waals surface area (Å²) >= 11 is 0. The third kappa shape index (κ3) is 6.05. The van der Waals surface area contributed by atoms with Crippen LogP contribution in [0.1, 0.15) is 21.5 Å². The molecule has 0 saturated carbocycles. The van der Waals surface area contributed by atoms with Gasteiger partial charge in [0.15, 0.2) is 11.5 Å². The number of morpholine rings is 1. The van der Waals surface area contributed by atoms with Crippen LogP contribution in [0, 0.1) is 6.92 Å². The number of fused-ring (bicyclic) bond motifs is 1. The molecule has 210 valence electrons. The second kappa shape index (κ2) is 11.6. The van der Waals surface area contributed by atoms with Crippen molar-refractivity contribution in [3.8, 4) is 22.8 Å². The van der Waals surface area contributed by atoms with E-state index in [1.54, 1.807) is 48.0 Å². The number of amides is 1. The standard InChI is InChI=1S/C29H29F3N4O4/c1-19-15-21(17-22(16-19)29(30,31)32)28(37)34-27-26(33-25-5-3-4-8-36(25)27)20-6-7-23(38-2)24(18-20)40-14-11-35-9-12-39-13-10-35/h3-8,15-18H,9-14H2,1-2H3,(H,34,37). The van der Waals surface area contributed by atoms with Crippen molar-refractivity contribution in [3.05, 3.63) is 77.5 Å². The van der Waals surface area contributed by atoms with Gasteiger partial charge in [0.05, 0.1) is 25.9 Å². The highest BCUT2D eigenvalue weighted by atomic mass is 19.4. The van der Waals surface area contributed by atoms with Gasteiger partial charge in [-0.2, -0.15) is 13.2 Å². The van der Waals surface area contributed by atoms with Gasteiger partial charge in [0.2, 0.25) is 0 Å². The lowest BCUT2D eigenvalue weighted by atomic mass is 10.1. The zero-order chi connectivity index (χ0) is 28.3. The third-order valence-electron chi connectivity index (χ3n) is 6.63. The molecule has 0 spiro atoms. The number of methoxy groups -OCH3 is 1. The number of ether oxygens (including phenoxy) is 3. The molecule has 1 fully saturated rings. The number of hydrogen-bond acceptors (Lipinski definition) is 6. The molecule has 1 aliphatic heterocycles. The highest BCUT2D eigenvalue weighted by Gasteiger charge is 2.31. The Morgan fingerprint density at radius 3 is 2.62 bits per heavy atom. The fourth-order valence-electron chi connectivity index (χ4n) is 4.62. The number of carbonyl (C=O) groups is 1. The van der Waals surface area contributed by atoms with Crippen molar-refractivity contribution in [2.45, 2.75) is 13.1 Å². The van der Waals surface area contributed by atoms with E-state index in [-0.39, 0.29) is 5.56 Å². The molecular weight excluding hydrogens is 525 g/mol. The van der Waals surface area contributed by atoms with Crippen LogP contribution in [0.25, 0.3) is 16.9 Å². The quantitative estimate of drug-likeness (QED) is 0.319. The molecule has 1 saturated heterocycles. The lowest BCUT2D eigenvalue weighted by Gasteiger charge is -2.26. The molecule has 4 aromatic rings. The third-order valence-corrected chi connectivity index (χ3v) is 6.63. The average Bonchev–Trinajstić information content (AvgIpc) is 3.31. The fraction of sp³-hybridized carbons (Fsp3) is 0.310. The van der Waals surface area contributed by atoms with E-state index >= 15 is 0 Å². The summed E-state index contributed by atoms with van der Waals surface area (Å²) in [5, 5.41) is 2.79. The first kappa shape index (κ1) is 27.5. The van der Waals surface area contributed by atoms with E-state index in [0.717, 1.165) is 31.8 Å². The Labute approximate surface area is 229 Å². The Bertz CT molecular complexity index is 1510. The summed E-state index contributed by atoms with van der Waals surface area (Å²) in [6.45, 7) is 5.75.